The summed E-state index contributed by atoms with van der Waals surface area (Å²) in [5.74, 6) is 2.71. The third kappa shape index (κ3) is 3.52. The molecule has 3 aromatic rings. The number of aromatic nitrogens is 4. The molecule has 1 aliphatic heterocycles. The molecule has 0 bridgehead atoms. The molecule has 0 N–H and O–H groups in total. The first-order valence-electron chi connectivity index (χ1n) is 8.74. The van der Waals surface area contributed by atoms with Crippen molar-refractivity contribution in [3.63, 3.8) is 0 Å². The Morgan fingerprint density at radius 3 is 2.35 bits per heavy atom. The molecule has 1 saturated heterocycles. The lowest BCUT2D eigenvalue weighted by Gasteiger charge is -2.34. The second-order valence-electron chi connectivity index (χ2n) is 6.22. The minimum atomic E-state index is 0.812. The predicted octanol–water partition coefficient (Wildman–Crippen LogP) is 1.99. The minimum Gasteiger partial charge on any atom is -0.497 e. The van der Waals surface area contributed by atoms with Crippen molar-refractivity contribution in [3.8, 4) is 11.4 Å². The fraction of sp³-hybridized carbons (Fsp3) is 0.316. The van der Waals surface area contributed by atoms with Crippen molar-refractivity contribution in [3.05, 3.63) is 60.9 Å². The van der Waals surface area contributed by atoms with Gasteiger partial charge >= 0.3 is 0 Å². The second kappa shape index (κ2) is 7.53. The molecule has 0 unspecified atom stereocenters. The van der Waals surface area contributed by atoms with Crippen LogP contribution < -0.4 is 9.64 Å². The minimum absolute atomic E-state index is 0.812. The van der Waals surface area contributed by atoms with Gasteiger partial charge in [0.25, 0.3) is 0 Å². The van der Waals surface area contributed by atoms with Crippen LogP contribution in [0.1, 0.15) is 5.82 Å². The van der Waals surface area contributed by atoms with Gasteiger partial charge in [0.05, 0.1) is 13.7 Å². The summed E-state index contributed by atoms with van der Waals surface area (Å²) in [6.07, 6.45) is 7.44. The Morgan fingerprint density at radius 2 is 1.65 bits per heavy atom. The van der Waals surface area contributed by atoms with Crippen molar-refractivity contribution in [2.75, 3.05) is 38.2 Å². The number of imidazole rings is 1. The van der Waals surface area contributed by atoms with Gasteiger partial charge in [0, 0.05) is 56.7 Å². The fourth-order valence-electron chi connectivity index (χ4n) is 3.19. The van der Waals surface area contributed by atoms with E-state index in [1.807, 2.05) is 30.6 Å². The molecule has 1 fully saturated rings. The van der Waals surface area contributed by atoms with Crippen LogP contribution in [0.2, 0.25) is 0 Å². The highest BCUT2D eigenvalue weighted by atomic mass is 16.5. The van der Waals surface area contributed by atoms with Crippen molar-refractivity contribution in [2.24, 2.45) is 0 Å². The smallest absolute Gasteiger partial charge is 0.225 e. The number of methoxy groups -OCH3 is 1. The van der Waals surface area contributed by atoms with Gasteiger partial charge in [0.1, 0.15) is 11.6 Å². The van der Waals surface area contributed by atoms with E-state index in [4.69, 9.17) is 4.74 Å². The molecule has 0 amide bonds. The van der Waals surface area contributed by atoms with Gasteiger partial charge in [-0.05, 0) is 30.3 Å². The van der Waals surface area contributed by atoms with E-state index in [9.17, 15) is 0 Å². The summed E-state index contributed by atoms with van der Waals surface area (Å²) >= 11 is 0. The Labute approximate surface area is 152 Å². The second-order valence-corrected chi connectivity index (χ2v) is 6.22. The monoisotopic (exact) mass is 350 g/mol. The molecular formula is C19H22N6O. The zero-order valence-electron chi connectivity index (χ0n) is 14.8. The van der Waals surface area contributed by atoms with Crippen LogP contribution in [0.5, 0.6) is 5.75 Å². The lowest BCUT2D eigenvalue weighted by atomic mass is 10.3. The number of ether oxygens (including phenoxy) is 1. The van der Waals surface area contributed by atoms with Crippen LogP contribution in [0, 0.1) is 0 Å². The van der Waals surface area contributed by atoms with Gasteiger partial charge < -0.3 is 14.2 Å². The number of hydrogen-bond acceptors (Lipinski definition) is 6. The summed E-state index contributed by atoms with van der Waals surface area (Å²) in [6, 6.07) is 9.89. The van der Waals surface area contributed by atoms with Crippen LogP contribution >= 0.6 is 0 Å². The summed E-state index contributed by atoms with van der Waals surface area (Å²) in [5.41, 5.74) is 1.09. The van der Waals surface area contributed by atoms with E-state index in [1.54, 1.807) is 19.5 Å². The van der Waals surface area contributed by atoms with Crippen LogP contribution in [-0.2, 0) is 6.54 Å². The molecule has 26 heavy (non-hydrogen) atoms. The first-order chi connectivity index (χ1) is 12.8. The highest BCUT2D eigenvalue weighted by Crippen LogP contribution is 2.18. The molecule has 134 valence electrons. The molecule has 4 rings (SSSR count). The normalized spacial score (nSPS) is 15.2. The molecule has 7 heteroatoms. The van der Waals surface area contributed by atoms with Gasteiger partial charge in [-0.1, -0.05) is 0 Å². The number of anilines is 1. The van der Waals surface area contributed by atoms with E-state index in [1.165, 1.54) is 0 Å². The summed E-state index contributed by atoms with van der Waals surface area (Å²) in [4.78, 5) is 17.9. The Kier molecular flexibility index (Phi) is 4.79. The third-order valence-corrected chi connectivity index (χ3v) is 4.64. The van der Waals surface area contributed by atoms with Crippen LogP contribution in [-0.4, -0.2) is 57.7 Å². The Hall–Kier alpha value is -2.93. The van der Waals surface area contributed by atoms with E-state index in [0.717, 1.165) is 55.9 Å². The quantitative estimate of drug-likeness (QED) is 0.701. The molecule has 0 saturated carbocycles. The molecule has 3 heterocycles. The highest BCUT2D eigenvalue weighted by molar-refractivity contribution is 5.38. The third-order valence-electron chi connectivity index (χ3n) is 4.64. The van der Waals surface area contributed by atoms with Gasteiger partial charge in [-0.25, -0.2) is 15.0 Å². The van der Waals surface area contributed by atoms with Crippen LogP contribution in [0.4, 0.5) is 5.95 Å². The standard InChI is InChI=1S/C19H22N6O/c1-26-17-5-3-16(4-6-17)25-10-9-20-18(25)15-23-11-13-24(14-12-23)19-21-7-2-8-22-19/h2-10H,11-15H2,1H3. The van der Waals surface area contributed by atoms with Crippen LogP contribution in [0.3, 0.4) is 0 Å². The molecule has 2 aromatic heterocycles. The molecule has 1 aromatic carbocycles. The molecule has 0 aliphatic carbocycles. The largest absolute Gasteiger partial charge is 0.497 e. The van der Waals surface area contributed by atoms with Crippen molar-refractivity contribution >= 4 is 5.95 Å². The lowest BCUT2D eigenvalue weighted by molar-refractivity contribution is 0.242. The maximum absolute atomic E-state index is 5.24. The SMILES string of the molecule is COc1ccc(-n2ccnc2CN2CCN(c3ncccn3)CC2)cc1. The van der Waals surface area contributed by atoms with Crippen molar-refractivity contribution in [1.29, 1.82) is 0 Å². The van der Waals surface area contributed by atoms with Crippen LogP contribution in [0.15, 0.2) is 55.1 Å². The first-order valence-corrected chi connectivity index (χ1v) is 8.74. The zero-order valence-corrected chi connectivity index (χ0v) is 14.8. The van der Waals surface area contributed by atoms with Gasteiger partial charge in [0.15, 0.2) is 0 Å². The highest BCUT2D eigenvalue weighted by Gasteiger charge is 2.20. The average Bonchev–Trinajstić information content (AvgIpc) is 3.17. The summed E-state index contributed by atoms with van der Waals surface area (Å²) in [5, 5.41) is 0. The Morgan fingerprint density at radius 1 is 0.923 bits per heavy atom. The topological polar surface area (TPSA) is 59.3 Å². The first kappa shape index (κ1) is 16.5. The van der Waals surface area contributed by atoms with Gasteiger partial charge in [-0.15, -0.1) is 0 Å². The lowest BCUT2D eigenvalue weighted by Crippen LogP contribution is -2.46. The fourth-order valence-corrected chi connectivity index (χ4v) is 3.19. The summed E-state index contributed by atoms with van der Waals surface area (Å²) in [6.45, 7) is 4.60. The number of nitrogens with zero attached hydrogens (tertiary/aromatic N) is 6. The van der Waals surface area contributed by atoms with E-state index in [0.29, 0.717) is 0 Å². The summed E-state index contributed by atoms with van der Waals surface area (Å²) in [7, 11) is 1.68. The molecule has 0 spiro atoms. The summed E-state index contributed by atoms with van der Waals surface area (Å²) < 4.78 is 7.37. The van der Waals surface area contributed by atoms with E-state index < -0.39 is 0 Å². The Bertz CT molecular complexity index is 825. The average molecular weight is 350 g/mol. The van der Waals surface area contributed by atoms with E-state index in [2.05, 4.69) is 41.5 Å². The molecule has 0 radical (unpaired) electrons. The van der Waals surface area contributed by atoms with Crippen LogP contribution in [0.25, 0.3) is 5.69 Å². The van der Waals surface area contributed by atoms with Gasteiger partial charge in [0.2, 0.25) is 5.95 Å². The van der Waals surface area contributed by atoms with E-state index in [-0.39, 0.29) is 0 Å². The van der Waals surface area contributed by atoms with Gasteiger partial charge in [-0.2, -0.15) is 0 Å². The number of rotatable bonds is 5. The van der Waals surface area contributed by atoms with Crippen molar-refractivity contribution in [1.82, 2.24) is 24.4 Å². The van der Waals surface area contributed by atoms with E-state index >= 15 is 0 Å². The number of hydrogen-bond donors (Lipinski definition) is 0. The van der Waals surface area contributed by atoms with Gasteiger partial charge in [-0.3, -0.25) is 4.90 Å². The maximum Gasteiger partial charge on any atom is 0.225 e. The van der Waals surface area contributed by atoms with Crippen molar-refractivity contribution in [2.45, 2.75) is 6.54 Å². The molecule has 0 atom stereocenters. The maximum atomic E-state index is 5.24. The number of benzene rings is 1. The predicted molar refractivity (Wildman–Crippen MR) is 99.6 cm³/mol. The number of piperazine rings is 1. The Balaban J connectivity index is 1.40. The molecule has 1 aliphatic rings. The van der Waals surface area contributed by atoms with Crippen molar-refractivity contribution < 1.29 is 4.74 Å². The zero-order chi connectivity index (χ0) is 17.8. The molecule has 7 nitrogen and oxygen atoms in total. The molecular weight excluding hydrogens is 328 g/mol.